The molecule has 0 saturated heterocycles. The fourth-order valence-electron chi connectivity index (χ4n) is 1.57. The summed E-state index contributed by atoms with van der Waals surface area (Å²) in [6.45, 7) is 7.58. The van der Waals surface area contributed by atoms with Gasteiger partial charge in [-0.3, -0.25) is 4.79 Å². The van der Waals surface area contributed by atoms with Crippen LogP contribution in [0.1, 0.15) is 38.8 Å². The number of hydrogen-bond acceptors (Lipinski definition) is 4. The molecule has 0 unspecified atom stereocenters. The van der Waals surface area contributed by atoms with Crippen LogP contribution in [-0.2, 0) is 22.4 Å². The summed E-state index contributed by atoms with van der Waals surface area (Å²) in [4.78, 5) is 15.7. The first-order valence-electron chi connectivity index (χ1n) is 5.77. The molecule has 2 N–H and O–H groups in total. The van der Waals surface area contributed by atoms with Crippen LogP contribution in [0.25, 0.3) is 0 Å². The number of esters is 1. The minimum absolute atomic E-state index is 0.237. The van der Waals surface area contributed by atoms with Gasteiger partial charge in [-0.15, -0.1) is 0 Å². The molecule has 0 aliphatic heterocycles. The number of aryl methyl sites for hydroxylation is 1. The second kappa shape index (κ2) is 5.17. The quantitative estimate of drug-likeness (QED) is 0.816. The monoisotopic (exact) mass is 236 g/mol. The average molecular weight is 236 g/mol. The highest BCUT2D eigenvalue weighted by Gasteiger charge is 2.17. The van der Waals surface area contributed by atoms with Crippen LogP contribution in [0.4, 0.5) is 5.82 Å². The van der Waals surface area contributed by atoms with E-state index in [1.807, 2.05) is 27.7 Å². The molecule has 0 amide bonds. The molecule has 4 nitrogen and oxygen atoms in total. The summed E-state index contributed by atoms with van der Waals surface area (Å²) in [6, 6.07) is 1.81. The van der Waals surface area contributed by atoms with E-state index >= 15 is 0 Å². The third-order valence-corrected chi connectivity index (χ3v) is 2.24. The predicted molar refractivity (Wildman–Crippen MR) is 67.6 cm³/mol. The van der Waals surface area contributed by atoms with E-state index < -0.39 is 5.60 Å². The Balaban J connectivity index is 2.78. The first-order valence-corrected chi connectivity index (χ1v) is 5.77. The Bertz CT molecular complexity index is 408. The normalized spacial score (nSPS) is 11.3. The van der Waals surface area contributed by atoms with Crippen LogP contribution in [0.15, 0.2) is 12.3 Å². The van der Waals surface area contributed by atoms with Gasteiger partial charge in [0.15, 0.2) is 0 Å². The van der Waals surface area contributed by atoms with E-state index in [0.29, 0.717) is 5.82 Å². The molecule has 1 heterocycles. The van der Waals surface area contributed by atoms with Crippen LogP contribution >= 0.6 is 0 Å². The highest BCUT2D eigenvalue weighted by Crippen LogP contribution is 2.15. The second-order valence-electron chi connectivity index (χ2n) is 4.99. The fourth-order valence-corrected chi connectivity index (χ4v) is 1.57. The van der Waals surface area contributed by atoms with E-state index in [0.717, 1.165) is 17.5 Å². The van der Waals surface area contributed by atoms with Gasteiger partial charge < -0.3 is 10.5 Å². The molecular formula is C13H20N2O2. The topological polar surface area (TPSA) is 65.2 Å². The standard InChI is InChI=1S/C13H20N2O2/c1-5-9-6-11(14)15-8-10(9)7-12(16)17-13(2,3)4/h6,8H,5,7H2,1-4H3,(H2,14,15). The lowest BCUT2D eigenvalue weighted by molar-refractivity contribution is -0.153. The first-order chi connectivity index (χ1) is 7.81. The highest BCUT2D eigenvalue weighted by molar-refractivity contribution is 5.73. The van der Waals surface area contributed by atoms with Crippen molar-refractivity contribution in [1.82, 2.24) is 4.98 Å². The number of rotatable bonds is 3. The van der Waals surface area contributed by atoms with Crippen LogP contribution < -0.4 is 5.73 Å². The molecule has 0 bridgehead atoms. The Morgan fingerprint density at radius 2 is 2.06 bits per heavy atom. The van der Waals surface area contributed by atoms with E-state index in [1.165, 1.54) is 0 Å². The van der Waals surface area contributed by atoms with Gasteiger partial charge in [0, 0.05) is 6.20 Å². The zero-order valence-corrected chi connectivity index (χ0v) is 10.9. The third-order valence-electron chi connectivity index (χ3n) is 2.24. The molecule has 4 heteroatoms. The van der Waals surface area contributed by atoms with Crippen LogP contribution in [0.2, 0.25) is 0 Å². The zero-order chi connectivity index (χ0) is 13.1. The number of nitrogens with zero attached hydrogens (tertiary/aromatic N) is 1. The maximum atomic E-state index is 11.7. The molecule has 1 rings (SSSR count). The first kappa shape index (κ1) is 13.5. The Labute approximate surface area is 102 Å². The molecule has 0 saturated carbocycles. The molecule has 1 aromatic heterocycles. The van der Waals surface area contributed by atoms with Crippen molar-refractivity contribution in [3.05, 3.63) is 23.4 Å². The predicted octanol–water partition coefficient (Wildman–Crippen LogP) is 2.11. The lowest BCUT2D eigenvalue weighted by Crippen LogP contribution is -2.25. The van der Waals surface area contributed by atoms with Crippen molar-refractivity contribution < 1.29 is 9.53 Å². The van der Waals surface area contributed by atoms with Gasteiger partial charge in [0.1, 0.15) is 11.4 Å². The minimum Gasteiger partial charge on any atom is -0.460 e. The van der Waals surface area contributed by atoms with E-state index in [1.54, 1.807) is 12.3 Å². The van der Waals surface area contributed by atoms with Gasteiger partial charge in [-0.25, -0.2) is 4.98 Å². The van der Waals surface area contributed by atoms with Crippen molar-refractivity contribution in [3.8, 4) is 0 Å². The van der Waals surface area contributed by atoms with Gasteiger partial charge in [0.05, 0.1) is 6.42 Å². The highest BCUT2D eigenvalue weighted by atomic mass is 16.6. The zero-order valence-electron chi connectivity index (χ0n) is 10.9. The van der Waals surface area contributed by atoms with E-state index in [2.05, 4.69) is 4.98 Å². The van der Waals surface area contributed by atoms with Crippen molar-refractivity contribution in [2.75, 3.05) is 5.73 Å². The van der Waals surface area contributed by atoms with Crippen LogP contribution in [0.5, 0.6) is 0 Å². The van der Waals surface area contributed by atoms with Gasteiger partial charge in [0.25, 0.3) is 0 Å². The summed E-state index contributed by atoms with van der Waals surface area (Å²) in [5.41, 5.74) is 7.08. The lowest BCUT2D eigenvalue weighted by atomic mass is 10.0. The largest absolute Gasteiger partial charge is 0.460 e. The van der Waals surface area contributed by atoms with Crippen molar-refractivity contribution in [1.29, 1.82) is 0 Å². The molecule has 0 fully saturated rings. The van der Waals surface area contributed by atoms with Crippen molar-refractivity contribution in [2.24, 2.45) is 0 Å². The molecule has 0 spiro atoms. The molecule has 0 aromatic carbocycles. The summed E-state index contributed by atoms with van der Waals surface area (Å²) in [5, 5.41) is 0. The lowest BCUT2D eigenvalue weighted by Gasteiger charge is -2.19. The number of ether oxygens (including phenoxy) is 1. The number of hydrogen-bond donors (Lipinski definition) is 1. The minimum atomic E-state index is -0.454. The molecular weight excluding hydrogens is 216 g/mol. The van der Waals surface area contributed by atoms with Crippen LogP contribution in [0.3, 0.4) is 0 Å². The van der Waals surface area contributed by atoms with Gasteiger partial charge in [-0.2, -0.15) is 0 Å². The third kappa shape index (κ3) is 4.43. The fraction of sp³-hybridized carbons (Fsp3) is 0.538. The molecule has 17 heavy (non-hydrogen) atoms. The summed E-state index contributed by atoms with van der Waals surface area (Å²) < 4.78 is 5.27. The number of carbonyl (C=O) groups is 1. The van der Waals surface area contributed by atoms with E-state index in [9.17, 15) is 4.79 Å². The summed E-state index contributed by atoms with van der Waals surface area (Å²) in [6.07, 6.45) is 2.72. The molecule has 0 aliphatic carbocycles. The number of anilines is 1. The van der Waals surface area contributed by atoms with Gasteiger partial charge >= 0.3 is 5.97 Å². The number of carbonyl (C=O) groups excluding carboxylic acids is 1. The Kier molecular flexibility index (Phi) is 4.10. The summed E-state index contributed by atoms with van der Waals surface area (Å²) >= 11 is 0. The van der Waals surface area contributed by atoms with Gasteiger partial charge in [0.2, 0.25) is 0 Å². The Morgan fingerprint density at radius 3 is 2.59 bits per heavy atom. The number of nitrogen functional groups attached to an aromatic ring is 1. The van der Waals surface area contributed by atoms with E-state index in [4.69, 9.17) is 10.5 Å². The number of aromatic nitrogens is 1. The Morgan fingerprint density at radius 1 is 1.41 bits per heavy atom. The second-order valence-corrected chi connectivity index (χ2v) is 4.99. The number of nitrogens with two attached hydrogens (primary N) is 1. The Hall–Kier alpha value is -1.58. The smallest absolute Gasteiger partial charge is 0.310 e. The van der Waals surface area contributed by atoms with Crippen molar-refractivity contribution in [3.63, 3.8) is 0 Å². The van der Waals surface area contributed by atoms with Crippen molar-refractivity contribution >= 4 is 11.8 Å². The van der Waals surface area contributed by atoms with E-state index in [-0.39, 0.29) is 12.4 Å². The number of pyridine rings is 1. The van der Waals surface area contributed by atoms with Gasteiger partial charge in [-0.05, 0) is 44.4 Å². The average Bonchev–Trinajstić information content (AvgIpc) is 2.17. The molecule has 0 aliphatic rings. The maximum Gasteiger partial charge on any atom is 0.310 e. The van der Waals surface area contributed by atoms with Gasteiger partial charge in [-0.1, -0.05) is 6.92 Å². The SMILES string of the molecule is CCc1cc(N)ncc1CC(=O)OC(C)(C)C. The summed E-state index contributed by atoms with van der Waals surface area (Å²) in [7, 11) is 0. The molecule has 0 atom stereocenters. The molecule has 0 radical (unpaired) electrons. The molecule has 1 aromatic rings. The van der Waals surface area contributed by atoms with Crippen LogP contribution in [0, 0.1) is 0 Å². The summed E-state index contributed by atoms with van der Waals surface area (Å²) in [5.74, 6) is 0.244. The maximum absolute atomic E-state index is 11.7. The van der Waals surface area contributed by atoms with Crippen LogP contribution in [-0.4, -0.2) is 16.6 Å². The molecule has 94 valence electrons. The van der Waals surface area contributed by atoms with Crippen molar-refractivity contribution in [2.45, 2.75) is 46.1 Å².